The molecule has 3 rings (SSSR count). The Balaban J connectivity index is 1.66. The number of anilines is 2. The van der Waals surface area contributed by atoms with Crippen LogP contribution in [0.1, 0.15) is 33.6 Å². The van der Waals surface area contributed by atoms with Gasteiger partial charge in [-0.15, -0.1) is 5.10 Å². The fraction of sp³-hybridized carbons (Fsp3) is 0.786. The summed E-state index contributed by atoms with van der Waals surface area (Å²) in [5, 5.41) is 11.3. The monoisotopic (exact) mass is 293 g/mol. The van der Waals surface area contributed by atoms with E-state index in [9.17, 15) is 0 Å². The first-order valence-corrected chi connectivity index (χ1v) is 7.47. The number of nitrogens with zero attached hydrogens (tertiary/aromatic N) is 4. The molecule has 2 fully saturated rings. The highest BCUT2D eigenvalue weighted by molar-refractivity contribution is 5.41. The fourth-order valence-corrected chi connectivity index (χ4v) is 2.70. The first-order chi connectivity index (χ1) is 9.96. The highest BCUT2D eigenvalue weighted by Crippen LogP contribution is 2.32. The predicted octanol–water partition coefficient (Wildman–Crippen LogP) is 1.43. The third kappa shape index (κ3) is 3.41. The van der Waals surface area contributed by atoms with E-state index in [1.54, 1.807) is 6.20 Å². The van der Waals surface area contributed by atoms with Gasteiger partial charge < -0.3 is 19.7 Å². The Bertz CT molecular complexity index is 486. The van der Waals surface area contributed by atoms with Gasteiger partial charge in [0.15, 0.2) is 11.6 Å². The quantitative estimate of drug-likeness (QED) is 0.884. The van der Waals surface area contributed by atoms with Gasteiger partial charge in [-0.05, 0) is 20.8 Å². The lowest BCUT2D eigenvalue weighted by atomic mass is 10.0. The van der Waals surface area contributed by atoms with Gasteiger partial charge in [0.05, 0.1) is 19.4 Å². The van der Waals surface area contributed by atoms with E-state index in [1.807, 2.05) is 0 Å². The Hall–Kier alpha value is -1.47. The van der Waals surface area contributed by atoms with Crippen molar-refractivity contribution in [1.29, 1.82) is 0 Å². The van der Waals surface area contributed by atoms with Gasteiger partial charge >= 0.3 is 0 Å². The van der Waals surface area contributed by atoms with Crippen molar-refractivity contribution >= 4 is 11.8 Å². The first kappa shape index (κ1) is 14.5. The van der Waals surface area contributed by atoms with Crippen molar-refractivity contribution < 1.29 is 9.47 Å². The van der Waals surface area contributed by atoms with E-state index < -0.39 is 0 Å². The van der Waals surface area contributed by atoms with Gasteiger partial charge in [0.2, 0.25) is 5.95 Å². The lowest BCUT2D eigenvalue weighted by Gasteiger charge is -2.38. The van der Waals surface area contributed by atoms with E-state index in [4.69, 9.17) is 9.47 Å². The molecule has 2 saturated heterocycles. The Morgan fingerprint density at radius 3 is 2.48 bits per heavy atom. The average Bonchev–Trinajstić information content (AvgIpc) is 2.86. The SMILES string of the molecule is CC(C)(C)Nc1nncc(N2CCC3(CC2)OCCO3)n1. The molecule has 0 aromatic carbocycles. The summed E-state index contributed by atoms with van der Waals surface area (Å²) in [4.78, 5) is 6.76. The number of ether oxygens (including phenoxy) is 2. The molecule has 0 saturated carbocycles. The van der Waals surface area contributed by atoms with Crippen molar-refractivity contribution in [3.8, 4) is 0 Å². The Kier molecular flexibility index (Phi) is 3.71. The zero-order valence-electron chi connectivity index (χ0n) is 12.9. The summed E-state index contributed by atoms with van der Waals surface area (Å²) in [6.07, 6.45) is 3.43. The van der Waals surface area contributed by atoms with Gasteiger partial charge in [-0.1, -0.05) is 0 Å². The number of rotatable bonds is 2. The van der Waals surface area contributed by atoms with Crippen molar-refractivity contribution in [2.75, 3.05) is 36.5 Å². The van der Waals surface area contributed by atoms with Crippen LogP contribution in [0, 0.1) is 0 Å². The molecule has 7 nitrogen and oxygen atoms in total. The minimum absolute atomic E-state index is 0.0855. The highest BCUT2D eigenvalue weighted by Gasteiger charge is 2.40. The van der Waals surface area contributed by atoms with Gasteiger partial charge in [0, 0.05) is 31.5 Å². The molecule has 2 aliphatic heterocycles. The molecule has 3 heterocycles. The number of hydrogen-bond acceptors (Lipinski definition) is 7. The molecular weight excluding hydrogens is 270 g/mol. The second kappa shape index (κ2) is 5.38. The number of piperidine rings is 1. The lowest BCUT2D eigenvalue weighted by Crippen LogP contribution is -2.45. The van der Waals surface area contributed by atoms with Gasteiger partial charge in [0.25, 0.3) is 0 Å². The van der Waals surface area contributed by atoms with Crippen molar-refractivity contribution in [3.05, 3.63) is 6.20 Å². The molecule has 1 spiro atoms. The van der Waals surface area contributed by atoms with Crippen molar-refractivity contribution in [2.45, 2.75) is 44.9 Å². The molecule has 0 aliphatic carbocycles. The number of aromatic nitrogens is 3. The number of hydrogen-bond donors (Lipinski definition) is 1. The van der Waals surface area contributed by atoms with Gasteiger partial charge in [-0.2, -0.15) is 10.1 Å². The van der Waals surface area contributed by atoms with Crippen LogP contribution < -0.4 is 10.2 Å². The van der Waals surface area contributed by atoms with Crippen LogP contribution in [0.4, 0.5) is 11.8 Å². The van der Waals surface area contributed by atoms with E-state index in [2.05, 4.69) is 46.2 Å². The normalized spacial score (nSPS) is 21.8. The van der Waals surface area contributed by atoms with Crippen LogP contribution in [0.15, 0.2) is 6.20 Å². The van der Waals surface area contributed by atoms with Crippen LogP contribution in [0.25, 0.3) is 0 Å². The molecule has 1 N–H and O–H groups in total. The van der Waals surface area contributed by atoms with Crippen LogP contribution in [-0.4, -0.2) is 52.8 Å². The predicted molar refractivity (Wildman–Crippen MR) is 79.3 cm³/mol. The smallest absolute Gasteiger partial charge is 0.245 e. The molecule has 1 aromatic rings. The van der Waals surface area contributed by atoms with E-state index in [0.717, 1.165) is 31.7 Å². The largest absolute Gasteiger partial charge is 0.355 e. The minimum atomic E-state index is -0.358. The second-order valence-corrected chi connectivity index (χ2v) is 6.61. The molecule has 7 heteroatoms. The molecule has 1 aromatic heterocycles. The maximum atomic E-state index is 5.75. The van der Waals surface area contributed by atoms with Crippen LogP contribution in [0.3, 0.4) is 0 Å². The topological polar surface area (TPSA) is 72.4 Å². The van der Waals surface area contributed by atoms with Crippen LogP contribution in [0.5, 0.6) is 0 Å². The Morgan fingerprint density at radius 1 is 1.19 bits per heavy atom. The van der Waals surface area contributed by atoms with Crippen molar-refractivity contribution in [3.63, 3.8) is 0 Å². The Labute approximate surface area is 125 Å². The summed E-state index contributed by atoms with van der Waals surface area (Å²) in [7, 11) is 0. The fourth-order valence-electron chi connectivity index (χ4n) is 2.70. The minimum Gasteiger partial charge on any atom is -0.355 e. The summed E-state index contributed by atoms with van der Waals surface area (Å²) >= 11 is 0. The van der Waals surface area contributed by atoms with Gasteiger partial charge in [-0.3, -0.25) is 0 Å². The molecular formula is C14H23N5O2. The molecule has 0 unspecified atom stereocenters. The summed E-state index contributed by atoms with van der Waals surface area (Å²) in [6, 6.07) is 0. The molecule has 2 aliphatic rings. The second-order valence-electron chi connectivity index (χ2n) is 6.61. The van der Waals surface area contributed by atoms with Crippen molar-refractivity contribution in [1.82, 2.24) is 15.2 Å². The van der Waals surface area contributed by atoms with E-state index in [-0.39, 0.29) is 11.3 Å². The zero-order chi connectivity index (χ0) is 14.9. The molecule has 0 bridgehead atoms. The standard InChI is InChI=1S/C14H23N5O2/c1-13(2,3)17-12-16-11(10-15-18-12)19-6-4-14(5-7-19)20-8-9-21-14/h10H,4-9H2,1-3H3,(H,16,17,18). The summed E-state index contributed by atoms with van der Waals surface area (Å²) in [5.41, 5.74) is -0.0855. The van der Waals surface area contributed by atoms with Gasteiger partial charge in [-0.25, -0.2) is 0 Å². The van der Waals surface area contributed by atoms with Crippen LogP contribution >= 0.6 is 0 Å². The third-order valence-electron chi connectivity index (χ3n) is 3.70. The first-order valence-electron chi connectivity index (χ1n) is 7.47. The van der Waals surface area contributed by atoms with Gasteiger partial charge in [0.1, 0.15) is 0 Å². The summed E-state index contributed by atoms with van der Waals surface area (Å²) < 4.78 is 11.5. The average molecular weight is 293 g/mol. The molecule has 116 valence electrons. The molecule has 0 radical (unpaired) electrons. The Morgan fingerprint density at radius 2 is 1.86 bits per heavy atom. The van der Waals surface area contributed by atoms with Crippen LogP contribution in [0.2, 0.25) is 0 Å². The number of nitrogens with one attached hydrogen (secondary N) is 1. The third-order valence-corrected chi connectivity index (χ3v) is 3.70. The zero-order valence-corrected chi connectivity index (χ0v) is 12.9. The van der Waals surface area contributed by atoms with E-state index >= 15 is 0 Å². The highest BCUT2D eigenvalue weighted by atomic mass is 16.7. The van der Waals surface area contributed by atoms with E-state index in [0.29, 0.717) is 19.2 Å². The van der Waals surface area contributed by atoms with Crippen molar-refractivity contribution in [2.24, 2.45) is 0 Å². The molecule has 0 amide bonds. The maximum absolute atomic E-state index is 5.75. The lowest BCUT2D eigenvalue weighted by molar-refractivity contribution is -0.169. The van der Waals surface area contributed by atoms with Crippen LogP contribution in [-0.2, 0) is 9.47 Å². The maximum Gasteiger partial charge on any atom is 0.245 e. The summed E-state index contributed by atoms with van der Waals surface area (Å²) in [5.74, 6) is 1.06. The molecule has 21 heavy (non-hydrogen) atoms. The van der Waals surface area contributed by atoms with E-state index in [1.165, 1.54) is 0 Å². The summed E-state index contributed by atoms with van der Waals surface area (Å²) in [6.45, 7) is 9.33. The molecule has 0 atom stereocenters.